The summed E-state index contributed by atoms with van der Waals surface area (Å²) in [6.45, 7) is 7.29. The topological polar surface area (TPSA) is 37.8 Å². The Balaban J connectivity index is 1.92. The highest BCUT2D eigenvalue weighted by Crippen LogP contribution is 2.27. The first-order valence-electron chi connectivity index (χ1n) is 6.44. The Kier molecular flexibility index (Phi) is 5.22. The fourth-order valence-corrected chi connectivity index (χ4v) is 3.60. The number of aromatic nitrogens is 2. The minimum atomic E-state index is 0.932. The molecule has 0 aromatic carbocycles. The lowest BCUT2D eigenvalue weighted by Crippen LogP contribution is -1.97. The van der Waals surface area contributed by atoms with Gasteiger partial charge in [0.25, 0.3) is 0 Å². The second-order valence-electron chi connectivity index (χ2n) is 4.47. The number of pyridine rings is 1. The van der Waals surface area contributed by atoms with E-state index in [-0.39, 0.29) is 0 Å². The van der Waals surface area contributed by atoms with Gasteiger partial charge in [-0.3, -0.25) is 0 Å². The maximum atomic E-state index is 4.54. The number of thioether (sulfide) groups is 1. The van der Waals surface area contributed by atoms with Gasteiger partial charge in [-0.2, -0.15) is 0 Å². The molecule has 0 unspecified atom stereocenters. The van der Waals surface area contributed by atoms with Crippen molar-refractivity contribution < 1.29 is 0 Å². The van der Waals surface area contributed by atoms with Crippen LogP contribution in [-0.2, 0) is 5.75 Å². The quantitative estimate of drug-likeness (QED) is 0.807. The number of rotatable bonds is 6. The molecule has 1 N–H and O–H groups in total. The van der Waals surface area contributed by atoms with Crippen LogP contribution in [-0.4, -0.2) is 16.5 Å². The Morgan fingerprint density at radius 3 is 2.89 bits per heavy atom. The highest BCUT2D eigenvalue weighted by atomic mass is 32.2. The van der Waals surface area contributed by atoms with Crippen LogP contribution in [0.25, 0.3) is 0 Å². The first-order valence-corrected chi connectivity index (χ1v) is 8.24. The van der Waals surface area contributed by atoms with Crippen LogP contribution in [0.2, 0.25) is 0 Å². The Labute approximate surface area is 122 Å². The second kappa shape index (κ2) is 6.91. The van der Waals surface area contributed by atoms with Gasteiger partial charge < -0.3 is 5.32 Å². The predicted octanol–water partition coefficient (Wildman–Crippen LogP) is 4.27. The highest BCUT2D eigenvalue weighted by molar-refractivity contribution is 7.98. The smallest absolute Gasteiger partial charge is 0.182 e. The van der Waals surface area contributed by atoms with Gasteiger partial charge in [0, 0.05) is 29.1 Å². The first kappa shape index (κ1) is 14.3. The number of aryl methyl sites for hydroxylation is 2. The van der Waals surface area contributed by atoms with Gasteiger partial charge in [-0.05, 0) is 38.0 Å². The van der Waals surface area contributed by atoms with Crippen molar-refractivity contribution in [1.82, 2.24) is 9.97 Å². The van der Waals surface area contributed by atoms with Crippen molar-refractivity contribution >= 4 is 28.2 Å². The van der Waals surface area contributed by atoms with Gasteiger partial charge in [-0.15, -0.1) is 23.1 Å². The molecule has 2 rings (SSSR count). The Bertz CT molecular complexity index is 517. The molecule has 0 aliphatic rings. The van der Waals surface area contributed by atoms with Crippen molar-refractivity contribution in [3.05, 3.63) is 34.5 Å². The molecule has 3 nitrogen and oxygen atoms in total. The molecule has 102 valence electrons. The summed E-state index contributed by atoms with van der Waals surface area (Å²) in [5.74, 6) is 0.932. The fraction of sp³-hybridized carbons (Fsp3) is 0.429. The van der Waals surface area contributed by atoms with E-state index in [1.165, 1.54) is 10.4 Å². The van der Waals surface area contributed by atoms with E-state index < -0.39 is 0 Å². The number of anilines is 1. The normalized spacial score (nSPS) is 10.7. The molecule has 0 aliphatic carbocycles. The van der Waals surface area contributed by atoms with Crippen molar-refractivity contribution in [3.8, 4) is 0 Å². The van der Waals surface area contributed by atoms with Crippen molar-refractivity contribution in [2.24, 2.45) is 0 Å². The minimum absolute atomic E-state index is 0.932. The van der Waals surface area contributed by atoms with Gasteiger partial charge in [0.1, 0.15) is 0 Å². The lowest BCUT2D eigenvalue weighted by molar-refractivity contribution is 0.976. The van der Waals surface area contributed by atoms with E-state index in [2.05, 4.69) is 41.3 Å². The molecule has 0 saturated heterocycles. The van der Waals surface area contributed by atoms with Crippen molar-refractivity contribution in [2.45, 2.75) is 38.0 Å². The standard InChI is InChI=1S/C14H19N3S2/c1-4-5-15-14-16-8-12(19-14)9-18-13-7-10(2)6-11(3)17-13/h6-8H,4-5,9H2,1-3H3,(H,15,16). The van der Waals surface area contributed by atoms with Gasteiger partial charge in [-0.25, -0.2) is 9.97 Å². The Morgan fingerprint density at radius 1 is 1.32 bits per heavy atom. The molecular weight excluding hydrogens is 274 g/mol. The molecule has 0 bridgehead atoms. The molecule has 0 saturated carbocycles. The molecule has 0 aliphatic heterocycles. The van der Waals surface area contributed by atoms with Gasteiger partial charge in [0.15, 0.2) is 5.13 Å². The molecule has 0 fully saturated rings. The molecule has 2 heterocycles. The monoisotopic (exact) mass is 293 g/mol. The van der Waals surface area contributed by atoms with E-state index in [1.807, 2.05) is 13.1 Å². The molecule has 0 spiro atoms. The molecule has 2 aromatic rings. The summed E-state index contributed by atoms with van der Waals surface area (Å²) < 4.78 is 0. The average molecular weight is 293 g/mol. The zero-order valence-corrected chi connectivity index (χ0v) is 13.2. The van der Waals surface area contributed by atoms with Crippen LogP contribution in [0, 0.1) is 13.8 Å². The van der Waals surface area contributed by atoms with Crippen LogP contribution in [0.3, 0.4) is 0 Å². The maximum Gasteiger partial charge on any atom is 0.182 e. The third kappa shape index (κ3) is 4.51. The van der Waals surface area contributed by atoms with Crippen LogP contribution < -0.4 is 5.32 Å². The summed E-state index contributed by atoms with van der Waals surface area (Å²) in [4.78, 5) is 10.2. The van der Waals surface area contributed by atoms with Crippen LogP contribution in [0.15, 0.2) is 23.4 Å². The first-order chi connectivity index (χ1) is 9.17. The van der Waals surface area contributed by atoms with Crippen molar-refractivity contribution in [3.63, 3.8) is 0 Å². The third-order valence-corrected chi connectivity index (χ3v) is 4.61. The largest absolute Gasteiger partial charge is 0.362 e. The fourth-order valence-electron chi connectivity index (χ4n) is 1.71. The Hall–Kier alpha value is -1.07. The second-order valence-corrected chi connectivity index (χ2v) is 6.58. The summed E-state index contributed by atoms with van der Waals surface area (Å²) in [5.41, 5.74) is 2.35. The molecule has 0 radical (unpaired) electrons. The summed E-state index contributed by atoms with van der Waals surface area (Å²) in [6.07, 6.45) is 3.08. The third-order valence-electron chi connectivity index (χ3n) is 2.52. The van der Waals surface area contributed by atoms with Crippen molar-refractivity contribution in [1.29, 1.82) is 0 Å². The molecular formula is C14H19N3S2. The van der Waals surface area contributed by atoms with Gasteiger partial charge in [-0.1, -0.05) is 6.92 Å². The summed E-state index contributed by atoms with van der Waals surface area (Å²) in [6, 6.07) is 4.23. The number of nitrogens with one attached hydrogen (secondary N) is 1. The number of hydrogen-bond acceptors (Lipinski definition) is 5. The predicted molar refractivity (Wildman–Crippen MR) is 84.2 cm³/mol. The van der Waals surface area contributed by atoms with Crippen LogP contribution in [0.5, 0.6) is 0 Å². The zero-order valence-electron chi connectivity index (χ0n) is 11.6. The maximum absolute atomic E-state index is 4.54. The van der Waals surface area contributed by atoms with E-state index in [4.69, 9.17) is 0 Å². The molecule has 2 aromatic heterocycles. The van der Waals surface area contributed by atoms with E-state index in [0.717, 1.165) is 34.6 Å². The van der Waals surface area contributed by atoms with E-state index >= 15 is 0 Å². The SMILES string of the molecule is CCCNc1ncc(CSc2cc(C)cc(C)n2)s1. The highest BCUT2D eigenvalue weighted by Gasteiger charge is 2.04. The average Bonchev–Trinajstić information content (AvgIpc) is 2.81. The zero-order chi connectivity index (χ0) is 13.7. The van der Waals surface area contributed by atoms with E-state index in [9.17, 15) is 0 Å². The van der Waals surface area contributed by atoms with E-state index in [0.29, 0.717) is 0 Å². The van der Waals surface area contributed by atoms with Crippen molar-refractivity contribution in [2.75, 3.05) is 11.9 Å². The Morgan fingerprint density at radius 2 is 2.16 bits per heavy atom. The summed E-state index contributed by atoms with van der Waals surface area (Å²) >= 11 is 3.50. The molecule has 0 atom stereocenters. The minimum Gasteiger partial charge on any atom is -0.362 e. The summed E-state index contributed by atoms with van der Waals surface area (Å²) in [7, 11) is 0. The van der Waals surface area contributed by atoms with Gasteiger partial charge >= 0.3 is 0 Å². The molecule has 19 heavy (non-hydrogen) atoms. The number of nitrogens with zero attached hydrogens (tertiary/aromatic N) is 2. The number of thiazole rings is 1. The lowest BCUT2D eigenvalue weighted by Gasteiger charge is -2.02. The number of hydrogen-bond donors (Lipinski definition) is 1. The van der Waals surface area contributed by atoms with Crippen LogP contribution in [0.1, 0.15) is 29.5 Å². The van der Waals surface area contributed by atoms with Gasteiger partial charge in [0.2, 0.25) is 0 Å². The lowest BCUT2D eigenvalue weighted by atomic mass is 10.3. The van der Waals surface area contributed by atoms with Crippen LogP contribution >= 0.6 is 23.1 Å². The summed E-state index contributed by atoms with van der Waals surface area (Å²) in [5, 5.41) is 5.42. The molecule has 0 amide bonds. The van der Waals surface area contributed by atoms with Crippen LogP contribution in [0.4, 0.5) is 5.13 Å². The van der Waals surface area contributed by atoms with E-state index in [1.54, 1.807) is 23.1 Å². The van der Waals surface area contributed by atoms with Gasteiger partial charge in [0.05, 0.1) is 5.03 Å². The molecule has 5 heteroatoms.